The molecule has 2 aromatic carbocycles. The van der Waals surface area contributed by atoms with Crippen molar-refractivity contribution in [2.24, 2.45) is 10.7 Å². The Morgan fingerprint density at radius 1 is 1.11 bits per heavy atom. The van der Waals surface area contributed by atoms with Crippen molar-refractivity contribution in [1.82, 2.24) is 0 Å². The van der Waals surface area contributed by atoms with Crippen molar-refractivity contribution in [3.05, 3.63) is 60.2 Å². The lowest BCUT2D eigenvalue weighted by Crippen LogP contribution is -2.23. The van der Waals surface area contributed by atoms with E-state index in [-0.39, 0.29) is 41.8 Å². The van der Waals surface area contributed by atoms with Gasteiger partial charge in [0.25, 0.3) is 0 Å². The number of nitrogens with zero attached hydrogens (tertiary/aromatic N) is 1. The lowest BCUT2D eigenvalue weighted by Gasteiger charge is -2.13. The van der Waals surface area contributed by atoms with Gasteiger partial charge in [0.05, 0.1) is 6.10 Å². The van der Waals surface area contributed by atoms with Crippen LogP contribution in [0.5, 0.6) is 5.75 Å². The summed E-state index contributed by atoms with van der Waals surface area (Å²) >= 11 is 0. The van der Waals surface area contributed by atoms with Crippen LogP contribution in [-0.2, 0) is 4.74 Å². The predicted molar refractivity (Wildman–Crippen MR) is 114 cm³/mol. The number of nitrogens with one attached hydrogen (secondary N) is 1. The zero-order chi connectivity index (χ0) is 19.7. The summed E-state index contributed by atoms with van der Waals surface area (Å²) < 4.78 is 45.9. The van der Waals surface area contributed by atoms with E-state index in [0.29, 0.717) is 25.3 Å². The van der Waals surface area contributed by atoms with Crippen LogP contribution in [0, 0.1) is 0 Å². The van der Waals surface area contributed by atoms with Crippen LogP contribution in [0.25, 0.3) is 0 Å². The lowest BCUT2D eigenvalue weighted by atomic mass is 10.1. The normalized spacial score (nSPS) is 12.8. The molecule has 0 aliphatic rings. The number of halogens is 4. The van der Waals surface area contributed by atoms with Crippen LogP contribution in [0.15, 0.2) is 59.6 Å². The highest BCUT2D eigenvalue weighted by atomic mass is 127. The summed E-state index contributed by atoms with van der Waals surface area (Å²) in [7, 11) is 0. The van der Waals surface area contributed by atoms with Crippen molar-refractivity contribution < 1.29 is 22.6 Å². The van der Waals surface area contributed by atoms with E-state index in [1.54, 1.807) is 0 Å². The molecule has 154 valence electrons. The largest absolute Gasteiger partial charge is 0.573 e. The second-order valence-electron chi connectivity index (χ2n) is 5.74. The summed E-state index contributed by atoms with van der Waals surface area (Å²) in [6, 6.07) is 15.1. The summed E-state index contributed by atoms with van der Waals surface area (Å²) in [5.74, 6) is -0.121. The van der Waals surface area contributed by atoms with E-state index in [1.807, 2.05) is 37.3 Å². The third-order valence-corrected chi connectivity index (χ3v) is 3.58. The van der Waals surface area contributed by atoms with Crippen LogP contribution < -0.4 is 15.8 Å². The van der Waals surface area contributed by atoms with Gasteiger partial charge in [-0.15, -0.1) is 37.1 Å². The Morgan fingerprint density at radius 2 is 1.75 bits per heavy atom. The number of rotatable bonds is 8. The van der Waals surface area contributed by atoms with E-state index in [4.69, 9.17) is 10.5 Å². The maximum Gasteiger partial charge on any atom is 0.573 e. The number of nitrogens with two attached hydrogens (primary N) is 1. The monoisotopic (exact) mass is 509 g/mol. The minimum Gasteiger partial charge on any atom is -0.406 e. The van der Waals surface area contributed by atoms with Crippen LogP contribution in [0.1, 0.15) is 25.0 Å². The van der Waals surface area contributed by atoms with Gasteiger partial charge in [0.2, 0.25) is 0 Å². The molecule has 0 aromatic heterocycles. The molecule has 0 radical (unpaired) electrons. The first-order valence-electron chi connectivity index (χ1n) is 8.43. The molecular weight excluding hydrogens is 486 g/mol. The third kappa shape index (κ3) is 9.27. The first-order valence-corrected chi connectivity index (χ1v) is 8.43. The minimum atomic E-state index is -4.71. The molecule has 0 heterocycles. The van der Waals surface area contributed by atoms with Gasteiger partial charge < -0.3 is 20.5 Å². The first kappa shape index (κ1) is 24.0. The van der Waals surface area contributed by atoms with Crippen LogP contribution in [-0.4, -0.2) is 25.5 Å². The van der Waals surface area contributed by atoms with E-state index in [9.17, 15) is 13.2 Å². The van der Waals surface area contributed by atoms with E-state index in [1.165, 1.54) is 24.3 Å². The molecule has 3 N–H and O–H groups in total. The Kier molecular flexibility index (Phi) is 10.1. The second kappa shape index (κ2) is 11.7. The van der Waals surface area contributed by atoms with E-state index >= 15 is 0 Å². The van der Waals surface area contributed by atoms with Crippen molar-refractivity contribution in [3.8, 4) is 5.75 Å². The Hall–Kier alpha value is -2.01. The Morgan fingerprint density at radius 3 is 2.36 bits per heavy atom. The van der Waals surface area contributed by atoms with Gasteiger partial charge in [-0.25, -0.2) is 0 Å². The van der Waals surface area contributed by atoms with Gasteiger partial charge in [0, 0.05) is 18.8 Å². The fourth-order valence-electron chi connectivity index (χ4n) is 2.27. The molecule has 0 aliphatic carbocycles. The Labute approximate surface area is 179 Å². The first-order chi connectivity index (χ1) is 12.8. The molecular formula is C19H23F3IN3O2. The van der Waals surface area contributed by atoms with Crippen LogP contribution in [0.3, 0.4) is 0 Å². The number of benzene rings is 2. The highest BCUT2D eigenvalue weighted by molar-refractivity contribution is 14.0. The fraction of sp³-hybridized carbons (Fsp3) is 0.316. The Balaban J connectivity index is 0.00000392. The molecule has 1 unspecified atom stereocenters. The van der Waals surface area contributed by atoms with E-state index < -0.39 is 6.36 Å². The highest BCUT2D eigenvalue weighted by Crippen LogP contribution is 2.23. The van der Waals surface area contributed by atoms with Crippen molar-refractivity contribution in [2.45, 2.75) is 25.8 Å². The SMILES string of the molecule is CC(OCCCN=C(N)Nc1ccc(OC(F)(F)F)cc1)c1ccccc1.I. The van der Waals surface area contributed by atoms with Crippen molar-refractivity contribution in [1.29, 1.82) is 0 Å². The van der Waals surface area contributed by atoms with Crippen molar-refractivity contribution in [3.63, 3.8) is 0 Å². The minimum absolute atomic E-state index is 0. The van der Waals surface area contributed by atoms with Crippen molar-refractivity contribution >= 4 is 35.6 Å². The predicted octanol–water partition coefficient (Wildman–Crippen LogP) is 5.10. The second-order valence-corrected chi connectivity index (χ2v) is 5.74. The van der Waals surface area contributed by atoms with E-state index in [2.05, 4.69) is 15.0 Å². The zero-order valence-corrected chi connectivity index (χ0v) is 17.6. The molecule has 0 spiro atoms. The number of guanidine groups is 1. The average molecular weight is 509 g/mol. The van der Waals surface area contributed by atoms with Gasteiger partial charge in [0.15, 0.2) is 5.96 Å². The number of alkyl halides is 3. The molecule has 9 heteroatoms. The topological polar surface area (TPSA) is 68.9 Å². The van der Waals surface area contributed by atoms with Crippen LogP contribution >= 0.6 is 24.0 Å². The number of hydrogen-bond donors (Lipinski definition) is 2. The molecule has 0 fully saturated rings. The third-order valence-electron chi connectivity index (χ3n) is 3.58. The molecule has 0 bridgehead atoms. The van der Waals surface area contributed by atoms with Crippen LogP contribution in [0.4, 0.5) is 18.9 Å². The summed E-state index contributed by atoms with van der Waals surface area (Å²) in [5.41, 5.74) is 7.39. The molecule has 0 amide bonds. The maximum absolute atomic E-state index is 12.1. The molecule has 28 heavy (non-hydrogen) atoms. The van der Waals surface area contributed by atoms with Gasteiger partial charge in [-0.1, -0.05) is 30.3 Å². The van der Waals surface area contributed by atoms with Gasteiger partial charge in [-0.05, 0) is 43.2 Å². The van der Waals surface area contributed by atoms with Gasteiger partial charge >= 0.3 is 6.36 Å². The highest BCUT2D eigenvalue weighted by Gasteiger charge is 2.30. The molecule has 5 nitrogen and oxygen atoms in total. The molecule has 0 aliphatic heterocycles. The van der Waals surface area contributed by atoms with Gasteiger partial charge in [-0.2, -0.15) is 0 Å². The van der Waals surface area contributed by atoms with Crippen molar-refractivity contribution in [2.75, 3.05) is 18.5 Å². The number of ether oxygens (including phenoxy) is 2. The van der Waals surface area contributed by atoms with Crippen LogP contribution in [0.2, 0.25) is 0 Å². The molecule has 1 atom stereocenters. The number of hydrogen-bond acceptors (Lipinski definition) is 3. The zero-order valence-electron chi connectivity index (χ0n) is 15.3. The summed E-state index contributed by atoms with van der Waals surface area (Å²) in [4.78, 5) is 4.16. The average Bonchev–Trinajstić information content (AvgIpc) is 2.62. The Bertz CT molecular complexity index is 725. The van der Waals surface area contributed by atoms with Gasteiger partial charge in [0.1, 0.15) is 5.75 Å². The fourth-order valence-corrected chi connectivity index (χ4v) is 2.27. The lowest BCUT2D eigenvalue weighted by molar-refractivity contribution is -0.274. The summed E-state index contributed by atoms with van der Waals surface area (Å²) in [6.45, 7) is 2.99. The van der Waals surface area contributed by atoms with Gasteiger partial charge in [-0.3, -0.25) is 4.99 Å². The quantitative estimate of drug-likeness (QED) is 0.225. The molecule has 2 aromatic rings. The molecule has 0 saturated heterocycles. The molecule has 2 rings (SSSR count). The summed E-state index contributed by atoms with van der Waals surface area (Å²) in [6.07, 6.45) is -4.02. The maximum atomic E-state index is 12.1. The smallest absolute Gasteiger partial charge is 0.406 e. The number of aliphatic imine (C=N–C) groups is 1. The van der Waals surface area contributed by atoms with E-state index in [0.717, 1.165) is 5.56 Å². The summed E-state index contributed by atoms with van der Waals surface area (Å²) in [5, 5.41) is 2.81. The standard InChI is InChI=1S/C19H22F3N3O2.HI/c1-14(15-6-3-2-4-7-15)26-13-5-12-24-18(23)25-16-8-10-17(11-9-16)27-19(20,21)22;/h2-4,6-11,14H,5,12-13H2,1H3,(H3,23,24,25);1H. The number of anilines is 1. The molecule has 0 saturated carbocycles.